The quantitative estimate of drug-likeness (QED) is 0.771. The summed E-state index contributed by atoms with van der Waals surface area (Å²) in [6, 6.07) is 0. The molecule has 104 valence electrons. The van der Waals surface area contributed by atoms with E-state index in [-0.39, 0.29) is 0 Å². The van der Waals surface area contributed by atoms with Gasteiger partial charge >= 0.3 is 15.4 Å². The topological polar surface area (TPSA) is 74.6 Å². The molecular formula is C10H20F2O4S. The molecule has 0 aliphatic rings. The van der Waals surface area contributed by atoms with Crippen LogP contribution < -0.4 is 0 Å². The number of hydrogen-bond donors (Lipinski definition) is 2. The minimum absolute atomic E-state index is 0.999. The number of rotatable bonds is 4. The van der Waals surface area contributed by atoms with Crippen LogP contribution in [0.5, 0.6) is 0 Å². The number of aliphatic hydroxyl groups is 1. The van der Waals surface area contributed by atoms with E-state index in [0.29, 0.717) is 0 Å². The van der Waals surface area contributed by atoms with Crippen molar-refractivity contribution in [3.05, 3.63) is 0 Å². The summed E-state index contributed by atoms with van der Waals surface area (Å²) in [5.41, 5.74) is -5.17. The van der Waals surface area contributed by atoms with Gasteiger partial charge in [-0.15, -0.1) is 0 Å². The van der Waals surface area contributed by atoms with E-state index in [2.05, 4.69) is 0 Å². The van der Waals surface area contributed by atoms with Crippen LogP contribution in [-0.4, -0.2) is 28.9 Å². The Morgan fingerprint density at radius 1 is 0.882 bits per heavy atom. The Morgan fingerprint density at radius 2 is 1.18 bits per heavy atom. The molecule has 0 fully saturated rings. The van der Waals surface area contributed by atoms with Crippen molar-refractivity contribution < 1.29 is 26.9 Å². The third kappa shape index (κ3) is 2.32. The van der Waals surface area contributed by atoms with E-state index in [1.54, 1.807) is 0 Å². The van der Waals surface area contributed by atoms with E-state index in [0.717, 1.165) is 13.8 Å². The molecule has 4 nitrogen and oxygen atoms in total. The van der Waals surface area contributed by atoms with E-state index >= 15 is 0 Å². The lowest BCUT2D eigenvalue weighted by Crippen LogP contribution is -2.59. The molecule has 0 aromatic rings. The molecule has 0 aliphatic carbocycles. The summed E-state index contributed by atoms with van der Waals surface area (Å²) in [5.74, 6) is 0. The molecule has 0 heterocycles. The van der Waals surface area contributed by atoms with Crippen LogP contribution >= 0.6 is 0 Å². The van der Waals surface area contributed by atoms with E-state index in [1.165, 1.54) is 27.7 Å². The second-order valence-electron chi connectivity index (χ2n) is 5.80. The molecule has 0 radical (unpaired) electrons. The summed E-state index contributed by atoms with van der Waals surface area (Å²) in [7, 11) is -5.55. The van der Waals surface area contributed by atoms with Gasteiger partial charge in [0.25, 0.3) is 0 Å². The van der Waals surface area contributed by atoms with Gasteiger partial charge in [0.05, 0.1) is 11.0 Å². The standard InChI is InChI=1S/C10H20F2O4S/c1-7(2,9(5,6)13)8(3,4)10(11,12)17(14,15)16/h13H,1-6H3,(H,14,15,16). The molecule has 0 aliphatic heterocycles. The Labute approximate surface area is 101 Å². The molecule has 0 aromatic heterocycles. The smallest absolute Gasteiger partial charge is 0.375 e. The maximum Gasteiger partial charge on any atom is 0.375 e. The highest BCUT2D eigenvalue weighted by molar-refractivity contribution is 7.86. The Bertz CT molecular complexity index is 391. The highest BCUT2D eigenvalue weighted by Crippen LogP contribution is 2.56. The highest BCUT2D eigenvalue weighted by atomic mass is 32.2. The van der Waals surface area contributed by atoms with Gasteiger partial charge in [-0.25, -0.2) is 0 Å². The first-order chi connectivity index (χ1) is 7.00. The molecule has 0 spiro atoms. The van der Waals surface area contributed by atoms with Gasteiger partial charge in [0.15, 0.2) is 0 Å². The zero-order valence-electron chi connectivity index (χ0n) is 10.9. The zero-order valence-corrected chi connectivity index (χ0v) is 11.7. The summed E-state index contributed by atoms with van der Waals surface area (Å²) in [4.78, 5) is 0. The molecular weight excluding hydrogens is 254 g/mol. The first kappa shape index (κ1) is 16.7. The third-order valence-corrected chi connectivity index (χ3v) is 5.30. The fraction of sp³-hybridized carbons (Fsp3) is 1.00. The average Bonchev–Trinajstić information content (AvgIpc) is 1.98. The van der Waals surface area contributed by atoms with Crippen LogP contribution in [0.15, 0.2) is 0 Å². The predicted octanol–water partition coefficient (Wildman–Crippen LogP) is 2.29. The van der Waals surface area contributed by atoms with E-state index in [4.69, 9.17) is 4.55 Å². The van der Waals surface area contributed by atoms with Crippen molar-refractivity contribution in [1.82, 2.24) is 0 Å². The summed E-state index contributed by atoms with van der Waals surface area (Å²) in [6.07, 6.45) is 0. The van der Waals surface area contributed by atoms with Gasteiger partial charge in [-0.3, -0.25) is 4.55 Å². The summed E-state index contributed by atoms with van der Waals surface area (Å²) in [5, 5.41) is 5.54. The van der Waals surface area contributed by atoms with Crippen molar-refractivity contribution >= 4 is 10.1 Å². The van der Waals surface area contributed by atoms with Crippen molar-refractivity contribution in [1.29, 1.82) is 0 Å². The minimum atomic E-state index is -5.55. The maximum absolute atomic E-state index is 13.8. The van der Waals surface area contributed by atoms with E-state index < -0.39 is 31.8 Å². The van der Waals surface area contributed by atoms with Crippen LogP contribution in [0.2, 0.25) is 0 Å². The molecule has 0 saturated heterocycles. The third-order valence-electron chi connectivity index (χ3n) is 4.14. The minimum Gasteiger partial charge on any atom is -0.390 e. The van der Waals surface area contributed by atoms with Crippen LogP contribution in [0.1, 0.15) is 41.5 Å². The van der Waals surface area contributed by atoms with E-state index in [9.17, 15) is 22.3 Å². The lowest BCUT2D eigenvalue weighted by Gasteiger charge is -2.51. The lowest BCUT2D eigenvalue weighted by atomic mass is 9.60. The number of alkyl halides is 2. The molecule has 2 N–H and O–H groups in total. The molecule has 0 amide bonds. The summed E-state index contributed by atoms with van der Waals surface area (Å²) < 4.78 is 57.8. The van der Waals surface area contributed by atoms with Gasteiger partial charge in [-0.05, 0) is 13.8 Å². The van der Waals surface area contributed by atoms with Crippen molar-refractivity contribution in [2.75, 3.05) is 0 Å². The van der Waals surface area contributed by atoms with Crippen LogP contribution in [0.25, 0.3) is 0 Å². The van der Waals surface area contributed by atoms with Crippen LogP contribution in [0.3, 0.4) is 0 Å². The SMILES string of the molecule is CC(C)(O)C(C)(C)C(C)(C)C(F)(F)S(=O)(=O)O. The predicted molar refractivity (Wildman–Crippen MR) is 60.4 cm³/mol. The summed E-state index contributed by atoms with van der Waals surface area (Å²) in [6.45, 7) is 7.28. The molecule has 0 unspecified atom stereocenters. The summed E-state index contributed by atoms with van der Waals surface area (Å²) >= 11 is 0. The van der Waals surface area contributed by atoms with Crippen LogP contribution in [0, 0.1) is 10.8 Å². The van der Waals surface area contributed by atoms with Gasteiger partial charge in [-0.1, -0.05) is 27.7 Å². The van der Waals surface area contributed by atoms with Crippen molar-refractivity contribution in [3.63, 3.8) is 0 Å². The Morgan fingerprint density at radius 3 is 1.35 bits per heavy atom. The Hall–Kier alpha value is -0.270. The molecule has 0 saturated carbocycles. The van der Waals surface area contributed by atoms with Crippen LogP contribution in [0.4, 0.5) is 8.78 Å². The first-order valence-corrected chi connectivity index (χ1v) is 6.51. The second-order valence-corrected chi connectivity index (χ2v) is 7.26. The van der Waals surface area contributed by atoms with Gasteiger partial charge in [0, 0.05) is 5.41 Å². The lowest BCUT2D eigenvalue weighted by molar-refractivity contribution is -0.174. The fourth-order valence-corrected chi connectivity index (χ4v) is 2.35. The monoisotopic (exact) mass is 274 g/mol. The number of halogens is 2. The van der Waals surface area contributed by atoms with Crippen molar-refractivity contribution in [3.8, 4) is 0 Å². The zero-order chi connectivity index (χ0) is 14.5. The first-order valence-electron chi connectivity index (χ1n) is 5.07. The van der Waals surface area contributed by atoms with E-state index in [1.807, 2.05) is 0 Å². The van der Waals surface area contributed by atoms with Gasteiger partial charge in [0.1, 0.15) is 0 Å². The van der Waals surface area contributed by atoms with Gasteiger partial charge < -0.3 is 5.11 Å². The van der Waals surface area contributed by atoms with Crippen molar-refractivity contribution in [2.45, 2.75) is 52.4 Å². The average molecular weight is 274 g/mol. The Balaban J connectivity index is 5.91. The second kappa shape index (κ2) is 3.86. The highest BCUT2D eigenvalue weighted by Gasteiger charge is 2.66. The molecule has 7 heteroatoms. The molecule has 0 bridgehead atoms. The molecule has 0 rings (SSSR count). The molecule has 0 atom stereocenters. The largest absolute Gasteiger partial charge is 0.390 e. The number of hydrogen-bond acceptors (Lipinski definition) is 3. The van der Waals surface area contributed by atoms with Crippen molar-refractivity contribution in [2.24, 2.45) is 10.8 Å². The fourth-order valence-electron chi connectivity index (χ4n) is 1.45. The Kier molecular flexibility index (Phi) is 3.80. The van der Waals surface area contributed by atoms with Gasteiger partial charge in [0.2, 0.25) is 0 Å². The molecule has 0 aromatic carbocycles. The van der Waals surface area contributed by atoms with Gasteiger partial charge in [-0.2, -0.15) is 17.2 Å². The van der Waals surface area contributed by atoms with Crippen LogP contribution in [-0.2, 0) is 10.1 Å². The normalized spacial score (nSPS) is 16.1. The molecule has 17 heavy (non-hydrogen) atoms. The maximum atomic E-state index is 13.8.